The van der Waals surface area contributed by atoms with Crippen LogP contribution >= 0.6 is 0 Å². The Kier molecular flexibility index (Phi) is 3.81. The molecule has 25 heavy (non-hydrogen) atoms. The number of aromatic amines is 1. The van der Waals surface area contributed by atoms with E-state index in [0.717, 1.165) is 28.7 Å². The lowest BCUT2D eigenvalue weighted by Crippen LogP contribution is -2.18. The van der Waals surface area contributed by atoms with E-state index >= 15 is 0 Å². The van der Waals surface area contributed by atoms with Crippen LogP contribution in [-0.2, 0) is 11.2 Å². The average Bonchev–Trinajstić information content (AvgIpc) is 3.24. The van der Waals surface area contributed by atoms with Gasteiger partial charge in [-0.15, -0.1) is 0 Å². The maximum absolute atomic E-state index is 11.3. The first-order valence-electron chi connectivity index (χ1n) is 7.91. The summed E-state index contributed by atoms with van der Waals surface area (Å²) in [4.78, 5) is 11.3. The van der Waals surface area contributed by atoms with E-state index in [0.29, 0.717) is 17.9 Å². The topological polar surface area (TPSA) is 89.1 Å². The molecule has 1 aliphatic rings. The van der Waals surface area contributed by atoms with Crippen molar-refractivity contribution >= 4 is 22.6 Å². The minimum Gasteiger partial charge on any atom is -0.451 e. The van der Waals surface area contributed by atoms with Crippen LogP contribution in [0.1, 0.15) is 12.0 Å². The van der Waals surface area contributed by atoms with Crippen molar-refractivity contribution in [3.63, 3.8) is 0 Å². The van der Waals surface area contributed by atoms with Crippen LogP contribution < -0.4 is 14.8 Å². The smallest absolute Gasteiger partial charge is 0.247 e. The standard InChI is InChI=1S/C18H16N4O3/c1-2-17(23)19-12-6-3-11(4-7-12)5-8-18-24-15-9-13-14(21-22-20-13)10-16(15)25-18/h2-4,6-7,9-10,18H,1,5,8H2,(H,19,23)(H,20,21,22). The lowest BCUT2D eigenvalue weighted by molar-refractivity contribution is -0.111. The number of nitrogens with one attached hydrogen (secondary N) is 2. The number of carbonyl (C=O) groups excluding carboxylic acids is 1. The van der Waals surface area contributed by atoms with Crippen molar-refractivity contribution in [2.75, 3.05) is 5.32 Å². The molecule has 0 unspecified atom stereocenters. The predicted octanol–water partition coefficient (Wildman–Crippen LogP) is 2.81. The Morgan fingerprint density at radius 3 is 2.40 bits per heavy atom. The summed E-state index contributed by atoms with van der Waals surface area (Å²) >= 11 is 0. The van der Waals surface area contributed by atoms with E-state index in [2.05, 4.69) is 27.3 Å². The van der Waals surface area contributed by atoms with Crippen LogP contribution in [0, 0.1) is 0 Å². The quantitative estimate of drug-likeness (QED) is 0.699. The second-order valence-electron chi connectivity index (χ2n) is 5.71. The SMILES string of the molecule is C=CC(=O)Nc1ccc(CCC2Oc3cc4n[nH]nc4cc3O2)cc1. The van der Waals surface area contributed by atoms with Gasteiger partial charge in [0.1, 0.15) is 11.0 Å². The third-order valence-electron chi connectivity index (χ3n) is 3.97. The highest BCUT2D eigenvalue weighted by Crippen LogP contribution is 2.38. The number of hydrogen-bond acceptors (Lipinski definition) is 5. The molecule has 0 spiro atoms. The fourth-order valence-electron chi connectivity index (χ4n) is 2.69. The lowest BCUT2D eigenvalue weighted by atomic mass is 10.1. The van der Waals surface area contributed by atoms with Gasteiger partial charge in [-0.05, 0) is 30.2 Å². The number of H-pyrrole nitrogens is 1. The van der Waals surface area contributed by atoms with Gasteiger partial charge in [-0.1, -0.05) is 18.7 Å². The molecule has 2 N–H and O–H groups in total. The van der Waals surface area contributed by atoms with Crippen molar-refractivity contribution in [2.24, 2.45) is 0 Å². The minimum atomic E-state index is -0.328. The average molecular weight is 336 g/mol. The summed E-state index contributed by atoms with van der Waals surface area (Å²) in [5, 5.41) is 13.4. The molecule has 0 saturated heterocycles. The number of anilines is 1. The second-order valence-corrected chi connectivity index (χ2v) is 5.71. The lowest BCUT2D eigenvalue weighted by Gasteiger charge is -2.10. The van der Waals surface area contributed by atoms with E-state index < -0.39 is 0 Å². The number of benzene rings is 2. The number of hydrogen-bond donors (Lipinski definition) is 2. The van der Waals surface area contributed by atoms with E-state index in [1.807, 2.05) is 36.4 Å². The number of ether oxygens (including phenoxy) is 2. The van der Waals surface area contributed by atoms with E-state index in [1.165, 1.54) is 6.08 Å². The molecule has 0 atom stereocenters. The summed E-state index contributed by atoms with van der Waals surface area (Å²) in [7, 11) is 0. The first-order chi connectivity index (χ1) is 12.2. The van der Waals surface area contributed by atoms with Gasteiger partial charge in [0.15, 0.2) is 11.5 Å². The Morgan fingerprint density at radius 1 is 1.16 bits per heavy atom. The van der Waals surface area contributed by atoms with Crippen LogP contribution in [0.4, 0.5) is 5.69 Å². The molecule has 1 aliphatic heterocycles. The van der Waals surface area contributed by atoms with Crippen LogP contribution in [0.5, 0.6) is 11.5 Å². The fourth-order valence-corrected chi connectivity index (χ4v) is 2.69. The number of carbonyl (C=O) groups is 1. The third kappa shape index (κ3) is 3.16. The third-order valence-corrected chi connectivity index (χ3v) is 3.97. The maximum Gasteiger partial charge on any atom is 0.247 e. The largest absolute Gasteiger partial charge is 0.451 e. The molecule has 0 radical (unpaired) electrons. The normalized spacial score (nSPS) is 13.1. The van der Waals surface area contributed by atoms with Crippen molar-refractivity contribution < 1.29 is 14.3 Å². The number of fused-ring (bicyclic) bond motifs is 2. The van der Waals surface area contributed by atoms with E-state index in [4.69, 9.17) is 9.47 Å². The van der Waals surface area contributed by atoms with Gasteiger partial charge in [0, 0.05) is 24.2 Å². The predicted molar refractivity (Wildman–Crippen MR) is 92.5 cm³/mol. The summed E-state index contributed by atoms with van der Waals surface area (Å²) < 4.78 is 11.7. The van der Waals surface area contributed by atoms with Gasteiger partial charge >= 0.3 is 0 Å². The van der Waals surface area contributed by atoms with Crippen molar-refractivity contribution in [3.05, 3.63) is 54.6 Å². The molecule has 3 aromatic rings. The summed E-state index contributed by atoms with van der Waals surface area (Å²) in [6, 6.07) is 11.3. The second kappa shape index (κ2) is 6.27. The van der Waals surface area contributed by atoms with E-state index in [9.17, 15) is 4.79 Å². The van der Waals surface area contributed by atoms with E-state index in [1.54, 1.807) is 0 Å². The highest BCUT2D eigenvalue weighted by molar-refractivity contribution is 5.98. The Balaban J connectivity index is 1.35. The van der Waals surface area contributed by atoms with Gasteiger partial charge in [0.2, 0.25) is 12.2 Å². The van der Waals surface area contributed by atoms with Crippen LogP contribution in [0.25, 0.3) is 11.0 Å². The molecule has 7 heteroatoms. The van der Waals surface area contributed by atoms with Gasteiger partial charge in [0.05, 0.1) is 0 Å². The molecule has 1 aromatic heterocycles. The zero-order valence-corrected chi connectivity index (χ0v) is 13.4. The molecule has 4 rings (SSSR count). The Morgan fingerprint density at radius 2 is 1.80 bits per heavy atom. The zero-order valence-electron chi connectivity index (χ0n) is 13.4. The molecule has 2 aromatic carbocycles. The van der Waals surface area contributed by atoms with Crippen molar-refractivity contribution in [2.45, 2.75) is 19.1 Å². The molecule has 0 bridgehead atoms. The molecule has 1 amide bonds. The first kappa shape index (κ1) is 15.2. The molecular formula is C18H16N4O3. The summed E-state index contributed by atoms with van der Waals surface area (Å²) in [5.74, 6) is 1.15. The molecular weight excluding hydrogens is 320 g/mol. The highest BCUT2D eigenvalue weighted by Gasteiger charge is 2.25. The summed E-state index contributed by atoms with van der Waals surface area (Å²) in [6.45, 7) is 3.43. The van der Waals surface area contributed by atoms with Gasteiger partial charge in [-0.2, -0.15) is 15.4 Å². The number of aryl methyl sites for hydroxylation is 1. The number of amides is 1. The van der Waals surface area contributed by atoms with Crippen LogP contribution in [0.3, 0.4) is 0 Å². The van der Waals surface area contributed by atoms with Crippen molar-refractivity contribution in [3.8, 4) is 11.5 Å². The summed E-state index contributed by atoms with van der Waals surface area (Å²) in [6.07, 6.45) is 2.42. The van der Waals surface area contributed by atoms with Crippen molar-refractivity contribution in [1.29, 1.82) is 0 Å². The maximum atomic E-state index is 11.3. The monoisotopic (exact) mass is 336 g/mol. The van der Waals surface area contributed by atoms with Gasteiger partial charge in [0.25, 0.3) is 0 Å². The number of aromatic nitrogens is 3. The number of nitrogens with zero attached hydrogens (tertiary/aromatic N) is 2. The highest BCUT2D eigenvalue weighted by atomic mass is 16.7. The minimum absolute atomic E-state index is 0.223. The molecule has 2 heterocycles. The molecule has 0 aliphatic carbocycles. The van der Waals surface area contributed by atoms with Gasteiger partial charge < -0.3 is 14.8 Å². The van der Waals surface area contributed by atoms with E-state index in [-0.39, 0.29) is 12.2 Å². The zero-order chi connectivity index (χ0) is 17.2. The van der Waals surface area contributed by atoms with Crippen LogP contribution in [-0.4, -0.2) is 27.6 Å². The van der Waals surface area contributed by atoms with Crippen LogP contribution in [0.15, 0.2) is 49.1 Å². The van der Waals surface area contributed by atoms with Gasteiger partial charge in [-0.25, -0.2) is 0 Å². The fraction of sp³-hybridized carbons (Fsp3) is 0.167. The molecule has 7 nitrogen and oxygen atoms in total. The Bertz CT molecular complexity index is 893. The Labute approximate surface area is 143 Å². The molecule has 0 saturated carbocycles. The van der Waals surface area contributed by atoms with Crippen LogP contribution in [0.2, 0.25) is 0 Å². The molecule has 126 valence electrons. The Hall–Kier alpha value is -3.35. The first-order valence-corrected chi connectivity index (χ1v) is 7.91. The number of rotatable bonds is 5. The van der Waals surface area contributed by atoms with Gasteiger partial charge in [-0.3, -0.25) is 4.79 Å². The molecule has 0 fully saturated rings. The van der Waals surface area contributed by atoms with Crippen molar-refractivity contribution in [1.82, 2.24) is 15.4 Å². The summed E-state index contributed by atoms with van der Waals surface area (Å²) in [5.41, 5.74) is 3.38.